The van der Waals surface area contributed by atoms with E-state index in [1.54, 1.807) is 20.8 Å². The molecular formula is C27H25ClF6N2O. The van der Waals surface area contributed by atoms with Gasteiger partial charge in [-0.3, -0.25) is 9.79 Å². The first-order valence-corrected chi connectivity index (χ1v) is 11.5. The number of benzene rings is 2. The van der Waals surface area contributed by atoms with Gasteiger partial charge in [0.05, 0.1) is 6.21 Å². The first-order valence-electron chi connectivity index (χ1n) is 11.1. The van der Waals surface area contributed by atoms with Crippen molar-refractivity contribution in [2.45, 2.75) is 52.1 Å². The molecule has 0 spiro atoms. The van der Waals surface area contributed by atoms with Gasteiger partial charge in [-0.05, 0) is 66.8 Å². The van der Waals surface area contributed by atoms with Crippen molar-refractivity contribution in [3.63, 3.8) is 0 Å². The normalized spacial score (nSPS) is 14.2. The summed E-state index contributed by atoms with van der Waals surface area (Å²) in [5.74, 6) is -8.31. The van der Waals surface area contributed by atoms with Crippen molar-refractivity contribution in [1.29, 1.82) is 5.41 Å². The van der Waals surface area contributed by atoms with E-state index in [-0.39, 0.29) is 10.6 Å². The number of rotatable bonds is 9. The molecule has 1 atom stereocenters. The van der Waals surface area contributed by atoms with Crippen LogP contribution >= 0.6 is 11.6 Å². The number of aryl methyl sites for hydroxylation is 1. The molecule has 2 aromatic carbocycles. The Morgan fingerprint density at radius 1 is 1.14 bits per heavy atom. The minimum atomic E-state index is -4.90. The summed E-state index contributed by atoms with van der Waals surface area (Å²) in [6.45, 7) is 5.44. The van der Waals surface area contributed by atoms with E-state index >= 15 is 4.39 Å². The van der Waals surface area contributed by atoms with Crippen LogP contribution in [0.15, 0.2) is 53.2 Å². The molecule has 0 saturated carbocycles. The highest BCUT2D eigenvalue weighted by Crippen LogP contribution is 2.41. The number of ketones is 1. The largest absolute Gasteiger partial charge is 0.399 e. The van der Waals surface area contributed by atoms with E-state index in [9.17, 15) is 26.7 Å². The van der Waals surface area contributed by atoms with Gasteiger partial charge in [0.2, 0.25) is 5.78 Å². The second-order valence-corrected chi connectivity index (χ2v) is 8.88. The van der Waals surface area contributed by atoms with Crippen LogP contribution in [0.1, 0.15) is 64.4 Å². The fourth-order valence-corrected chi connectivity index (χ4v) is 3.69. The number of alkyl halides is 5. The van der Waals surface area contributed by atoms with Gasteiger partial charge in [0.25, 0.3) is 5.92 Å². The monoisotopic (exact) mass is 542 g/mol. The third-order valence-corrected chi connectivity index (χ3v) is 6.10. The Balaban J connectivity index is 2.57. The molecule has 0 radical (unpaired) electrons. The molecule has 0 aliphatic rings. The number of hydrogen-bond acceptors (Lipinski definition) is 3. The summed E-state index contributed by atoms with van der Waals surface area (Å²) in [5.41, 5.74) is -0.664. The van der Waals surface area contributed by atoms with E-state index in [1.807, 2.05) is 0 Å². The van der Waals surface area contributed by atoms with E-state index in [1.165, 1.54) is 12.3 Å². The minimum absolute atomic E-state index is 0.0806. The van der Waals surface area contributed by atoms with Gasteiger partial charge in [0.1, 0.15) is 11.7 Å². The number of carbonyl (C=O) groups excluding carboxylic acids is 1. The van der Waals surface area contributed by atoms with Crippen molar-refractivity contribution in [2.75, 3.05) is 0 Å². The number of carbonyl (C=O) groups is 1. The van der Waals surface area contributed by atoms with Gasteiger partial charge in [0.15, 0.2) is 0 Å². The quantitative estimate of drug-likeness (QED) is 0.192. The molecule has 2 rings (SSSR count). The summed E-state index contributed by atoms with van der Waals surface area (Å²) in [6, 6.07) is 4.86. The minimum Gasteiger partial charge on any atom is -0.308 e. The molecule has 3 nitrogen and oxygen atoms in total. The van der Waals surface area contributed by atoms with Crippen molar-refractivity contribution in [3.8, 4) is 0 Å². The Kier molecular flexibility index (Phi) is 9.66. The fourth-order valence-electron chi connectivity index (χ4n) is 3.42. The summed E-state index contributed by atoms with van der Waals surface area (Å²) in [4.78, 5) is 16.2. The molecule has 0 aromatic heterocycles. The Morgan fingerprint density at radius 3 is 2.30 bits per heavy atom. The molecule has 0 heterocycles. The lowest BCUT2D eigenvalue weighted by molar-refractivity contribution is -0.139. The fraction of sp³-hybridized carbons (Fsp3) is 0.296. The van der Waals surface area contributed by atoms with Crippen molar-refractivity contribution >= 4 is 35.6 Å². The van der Waals surface area contributed by atoms with Crippen molar-refractivity contribution in [2.24, 2.45) is 4.99 Å². The lowest BCUT2D eigenvalue weighted by Crippen LogP contribution is -2.19. The number of nitrogens with zero attached hydrogens (tertiary/aromatic N) is 1. The SMILES string of the molecule is CC/C(C=N)=C/N=CC(=O)c1ccc(/C(F)=C/C(c2cc(C)c(C)c(Cl)c2)C(F)(F)F)cc1C(C)(F)F. The molecule has 198 valence electrons. The lowest BCUT2D eigenvalue weighted by Gasteiger charge is -2.20. The van der Waals surface area contributed by atoms with Crippen LogP contribution in [0.4, 0.5) is 26.3 Å². The van der Waals surface area contributed by atoms with Crippen LogP contribution in [-0.4, -0.2) is 24.4 Å². The zero-order valence-electron chi connectivity index (χ0n) is 20.5. The van der Waals surface area contributed by atoms with Crippen molar-refractivity contribution in [1.82, 2.24) is 0 Å². The summed E-state index contributed by atoms with van der Waals surface area (Å²) in [7, 11) is 0. The number of nitrogens with one attached hydrogen (secondary N) is 1. The molecule has 0 aliphatic carbocycles. The second kappa shape index (κ2) is 11.9. The maximum absolute atomic E-state index is 15.1. The summed E-state index contributed by atoms with van der Waals surface area (Å²) in [5, 5.41) is 7.27. The molecule has 0 saturated heterocycles. The lowest BCUT2D eigenvalue weighted by atomic mass is 9.92. The van der Waals surface area contributed by atoms with Gasteiger partial charge in [0, 0.05) is 41.1 Å². The smallest absolute Gasteiger partial charge is 0.308 e. The van der Waals surface area contributed by atoms with Crippen molar-refractivity contribution < 1.29 is 31.1 Å². The van der Waals surface area contributed by atoms with Crippen LogP contribution in [0.25, 0.3) is 5.83 Å². The van der Waals surface area contributed by atoms with Gasteiger partial charge >= 0.3 is 6.18 Å². The summed E-state index contributed by atoms with van der Waals surface area (Å²) < 4.78 is 85.4. The van der Waals surface area contributed by atoms with Crippen LogP contribution in [-0.2, 0) is 5.92 Å². The highest BCUT2D eigenvalue weighted by molar-refractivity contribution is 6.36. The molecule has 2 aromatic rings. The van der Waals surface area contributed by atoms with Crippen LogP contribution in [0.5, 0.6) is 0 Å². The summed E-state index contributed by atoms with van der Waals surface area (Å²) >= 11 is 6.03. The van der Waals surface area contributed by atoms with Gasteiger partial charge in [-0.2, -0.15) is 13.2 Å². The molecule has 10 heteroatoms. The average molecular weight is 543 g/mol. The zero-order valence-corrected chi connectivity index (χ0v) is 21.2. The standard InChI is InChI=1S/C27H25ClF6N2O/c1-5-17(12-35)13-36-14-25(37)20-7-6-18(9-22(20)26(4,30)31)24(29)11-21(27(32,33)34)19-8-15(2)16(3)23(28)10-19/h6-14,21,35H,5H2,1-4H3/b17-13-,24-11-,35-12?,36-14?. The van der Waals surface area contributed by atoms with E-state index in [0.29, 0.717) is 42.2 Å². The second-order valence-electron chi connectivity index (χ2n) is 8.47. The first kappa shape index (κ1) is 30.0. The zero-order chi connectivity index (χ0) is 28.1. The maximum Gasteiger partial charge on any atom is 0.399 e. The first-order chi connectivity index (χ1) is 17.1. The van der Waals surface area contributed by atoms with Gasteiger partial charge in [-0.25, -0.2) is 13.2 Å². The highest BCUT2D eigenvalue weighted by Gasteiger charge is 2.40. The predicted molar refractivity (Wildman–Crippen MR) is 135 cm³/mol. The number of hydrogen-bond donors (Lipinski definition) is 1. The average Bonchev–Trinajstić information content (AvgIpc) is 2.81. The van der Waals surface area contributed by atoms with E-state index < -0.39 is 46.3 Å². The van der Waals surface area contributed by atoms with E-state index in [2.05, 4.69) is 4.99 Å². The number of halogens is 7. The summed E-state index contributed by atoms with van der Waals surface area (Å²) in [6.07, 6.45) is -1.11. The highest BCUT2D eigenvalue weighted by atomic mass is 35.5. The molecule has 0 aliphatic heterocycles. The Labute approximate surface area is 216 Å². The van der Waals surface area contributed by atoms with Gasteiger partial charge in [-0.15, -0.1) is 0 Å². The molecular weight excluding hydrogens is 518 g/mol. The Bertz CT molecular complexity index is 1250. The molecule has 0 amide bonds. The van der Waals surface area contributed by atoms with Crippen LogP contribution in [0.2, 0.25) is 5.02 Å². The molecule has 0 fully saturated rings. The molecule has 37 heavy (non-hydrogen) atoms. The number of Topliss-reactive ketones (excluding diaryl/α,β-unsaturated/α-hetero) is 1. The van der Waals surface area contributed by atoms with Crippen LogP contribution in [0.3, 0.4) is 0 Å². The topological polar surface area (TPSA) is 53.3 Å². The van der Waals surface area contributed by atoms with Gasteiger partial charge < -0.3 is 5.41 Å². The van der Waals surface area contributed by atoms with Crippen LogP contribution < -0.4 is 0 Å². The third kappa shape index (κ3) is 7.64. The van der Waals surface area contributed by atoms with Crippen LogP contribution in [0, 0.1) is 19.3 Å². The van der Waals surface area contributed by atoms with Crippen molar-refractivity contribution in [3.05, 3.63) is 86.6 Å². The Morgan fingerprint density at radius 2 is 1.78 bits per heavy atom. The number of allylic oxidation sites excluding steroid dienone is 2. The molecule has 1 unspecified atom stereocenters. The maximum atomic E-state index is 15.1. The number of aliphatic imine (C=N–C) groups is 1. The molecule has 1 N–H and O–H groups in total. The van der Waals surface area contributed by atoms with E-state index in [0.717, 1.165) is 30.6 Å². The molecule has 0 bridgehead atoms. The Hall–Kier alpha value is -3.20. The van der Waals surface area contributed by atoms with E-state index in [4.69, 9.17) is 17.0 Å². The predicted octanol–water partition coefficient (Wildman–Crippen LogP) is 8.92. The third-order valence-electron chi connectivity index (χ3n) is 5.71. The van der Waals surface area contributed by atoms with Gasteiger partial charge in [-0.1, -0.05) is 30.7 Å².